The molecular formula is C14H25N3. The lowest BCUT2D eigenvalue weighted by Gasteiger charge is -2.21. The van der Waals surface area contributed by atoms with Crippen LogP contribution in [0.25, 0.3) is 0 Å². The lowest BCUT2D eigenvalue weighted by Crippen LogP contribution is -2.30. The summed E-state index contributed by atoms with van der Waals surface area (Å²) in [6, 6.07) is 6.53. The van der Waals surface area contributed by atoms with Crippen LogP contribution in [-0.2, 0) is 6.54 Å². The molecule has 0 saturated heterocycles. The van der Waals surface area contributed by atoms with E-state index in [2.05, 4.69) is 35.9 Å². The Morgan fingerprint density at radius 1 is 1.35 bits per heavy atom. The Kier molecular flexibility index (Phi) is 6.16. The first-order chi connectivity index (χ1) is 8.15. The van der Waals surface area contributed by atoms with Crippen LogP contribution in [0.1, 0.15) is 38.1 Å². The van der Waals surface area contributed by atoms with E-state index in [4.69, 9.17) is 5.73 Å². The molecule has 1 atom stereocenters. The maximum absolute atomic E-state index is 5.95. The van der Waals surface area contributed by atoms with Crippen molar-refractivity contribution in [3.63, 3.8) is 0 Å². The summed E-state index contributed by atoms with van der Waals surface area (Å²) in [6.07, 6.45) is 2.12. The number of aromatic nitrogens is 1. The van der Waals surface area contributed by atoms with Crippen molar-refractivity contribution in [3.8, 4) is 0 Å². The van der Waals surface area contributed by atoms with Crippen LogP contribution in [0.4, 0.5) is 0 Å². The molecule has 0 bridgehead atoms. The Balaban J connectivity index is 2.46. The number of hydrogen-bond acceptors (Lipinski definition) is 3. The van der Waals surface area contributed by atoms with E-state index in [-0.39, 0.29) is 0 Å². The van der Waals surface area contributed by atoms with Crippen LogP contribution in [0, 0.1) is 6.92 Å². The highest BCUT2D eigenvalue weighted by atomic mass is 15.1. The number of nitrogens with zero attached hydrogens (tertiary/aromatic N) is 2. The summed E-state index contributed by atoms with van der Waals surface area (Å²) >= 11 is 0. The first-order valence-electron chi connectivity index (χ1n) is 6.56. The van der Waals surface area contributed by atoms with Crippen LogP contribution in [0.3, 0.4) is 0 Å². The second kappa shape index (κ2) is 7.41. The van der Waals surface area contributed by atoms with Gasteiger partial charge in [0.2, 0.25) is 0 Å². The van der Waals surface area contributed by atoms with Crippen molar-refractivity contribution in [2.45, 2.75) is 46.2 Å². The molecule has 1 heterocycles. The standard InChI is InChI=1S/C14H25N3/c1-4-13(15)9-10-17(5-2)11-14-8-6-7-12(3)16-14/h6-8,13H,4-5,9-11,15H2,1-3H3. The van der Waals surface area contributed by atoms with Crippen LogP contribution in [0.15, 0.2) is 18.2 Å². The Bertz CT molecular complexity index is 325. The highest BCUT2D eigenvalue weighted by molar-refractivity contribution is 5.09. The van der Waals surface area contributed by atoms with Gasteiger partial charge in [-0.05, 0) is 38.4 Å². The van der Waals surface area contributed by atoms with Crippen molar-refractivity contribution in [2.24, 2.45) is 5.73 Å². The Hall–Kier alpha value is -0.930. The zero-order valence-electron chi connectivity index (χ0n) is 11.3. The van der Waals surface area contributed by atoms with Crippen LogP contribution >= 0.6 is 0 Å². The van der Waals surface area contributed by atoms with Gasteiger partial charge in [0.25, 0.3) is 0 Å². The minimum absolute atomic E-state index is 0.328. The van der Waals surface area contributed by atoms with Gasteiger partial charge in [-0.3, -0.25) is 9.88 Å². The van der Waals surface area contributed by atoms with Crippen LogP contribution in [0.5, 0.6) is 0 Å². The number of nitrogens with two attached hydrogens (primary N) is 1. The lowest BCUT2D eigenvalue weighted by atomic mass is 10.1. The molecule has 0 aliphatic carbocycles. The van der Waals surface area contributed by atoms with Gasteiger partial charge in [-0.2, -0.15) is 0 Å². The Labute approximate surface area is 105 Å². The van der Waals surface area contributed by atoms with Crippen LogP contribution < -0.4 is 5.73 Å². The molecule has 0 aliphatic heterocycles. The van der Waals surface area contributed by atoms with E-state index in [1.807, 2.05) is 13.0 Å². The van der Waals surface area contributed by atoms with Gasteiger partial charge in [-0.1, -0.05) is 19.9 Å². The van der Waals surface area contributed by atoms with E-state index < -0.39 is 0 Å². The Morgan fingerprint density at radius 3 is 2.71 bits per heavy atom. The smallest absolute Gasteiger partial charge is 0.0547 e. The molecular weight excluding hydrogens is 210 g/mol. The molecule has 1 unspecified atom stereocenters. The first kappa shape index (κ1) is 14.1. The summed E-state index contributed by atoms with van der Waals surface area (Å²) in [5.74, 6) is 0. The Morgan fingerprint density at radius 2 is 2.12 bits per heavy atom. The molecule has 17 heavy (non-hydrogen) atoms. The average molecular weight is 235 g/mol. The number of aryl methyl sites for hydroxylation is 1. The number of hydrogen-bond donors (Lipinski definition) is 1. The molecule has 0 radical (unpaired) electrons. The highest BCUT2D eigenvalue weighted by Crippen LogP contribution is 2.05. The monoisotopic (exact) mass is 235 g/mol. The summed E-state index contributed by atoms with van der Waals surface area (Å²) in [5.41, 5.74) is 8.19. The number of pyridine rings is 1. The van der Waals surface area contributed by atoms with Crippen molar-refractivity contribution >= 4 is 0 Å². The van der Waals surface area contributed by atoms with E-state index in [1.54, 1.807) is 0 Å². The third-order valence-electron chi connectivity index (χ3n) is 3.12. The minimum atomic E-state index is 0.328. The second-order valence-corrected chi connectivity index (χ2v) is 4.60. The fourth-order valence-corrected chi connectivity index (χ4v) is 1.82. The summed E-state index contributed by atoms with van der Waals surface area (Å²) < 4.78 is 0. The molecule has 0 aliphatic rings. The molecule has 96 valence electrons. The zero-order valence-corrected chi connectivity index (χ0v) is 11.3. The zero-order chi connectivity index (χ0) is 12.7. The molecule has 3 heteroatoms. The van der Waals surface area contributed by atoms with Crippen molar-refractivity contribution in [1.29, 1.82) is 0 Å². The van der Waals surface area contributed by atoms with E-state index in [9.17, 15) is 0 Å². The maximum atomic E-state index is 5.95. The SMILES string of the molecule is CCC(N)CCN(CC)Cc1cccc(C)n1. The van der Waals surface area contributed by atoms with Gasteiger partial charge in [-0.15, -0.1) is 0 Å². The normalized spacial score (nSPS) is 13.0. The van der Waals surface area contributed by atoms with Crippen LogP contribution in [0.2, 0.25) is 0 Å². The van der Waals surface area contributed by atoms with Crippen molar-refractivity contribution in [3.05, 3.63) is 29.6 Å². The summed E-state index contributed by atoms with van der Waals surface area (Å²) in [4.78, 5) is 6.94. The topological polar surface area (TPSA) is 42.1 Å². The predicted molar refractivity (Wildman–Crippen MR) is 72.8 cm³/mol. The molecule has 0 aromatic carbocycles. The fourth-order valence-electron chi connectivity index (χ4n) is 1.82. The van der Waals surface area contributed by atoms with E-state index in [0.717, 1.165) is 43.9 Å². The third kappa shape index (κ3) is 5.29. The molecule has 0 spiro atoms. The minimum Gasteiger partial charge on any atom is -0.328 e. The molecule has 0 amide bonds. The lowest BCUT2D eigenvalue weighted by molar-refractivity contribution is 0.264. The van der Waals surface area contributed by atoms with Gasteiger partial charge in [0.15, 0.2) is 0 Å². The maximum Gasteiger partial charge on any atom is 0.0547 e. The molecule has 1 aromatic rings. The van der Waals surface area contributed by atoms with Crippen LogP contribution in [-0.4, -0.2) is 29.0 Å². The van der Waals surface area contributed by atoms with Gasteiger partial charge in [-0.25, -0.2) is 0 Å². The van der Waals surface area contributed by atoms with Gasteiger partial charge in [0.1, 0.15) is 0 Å². The largest absolute Gasteiger partial charge is 0.328 e. The van der Waals surface area contributed by atoms with E-state index >= 15 is 0 Å². The third-order valence-corrected chi connectivity index (χ3v) is 3.12. The molecule has 1 rings (SSSR count). The van der Waals surface area contributed by atoms with E-state index in [1.165, 1.54) is 0 Å². The summed E-state index contributed by atoms with van der Waals surface area (Å²) in [6.45, 7) is 9.39. The quantitative estimate of drug-likeness (QED) is 0.788. The van der Waals surface area contributed by atoms with Crippen molar-refractivity contribution < 1.29 is 0 Å². The molecule has 1 aromatic heterocycles. The van der Waals surface area contributed by atoms with E-state index in [0.29, 0.717) is 6.04 Å². The predicted octanol–water partition coefficient (Wildman–Crippen LogP) is 2.34. The molecule has 0 saturated carbocycles. The second-order valence-electron chi connectivity index (χ2n) is 4.60. The summed E-state index contributed by atoms with van der Waals surface area (Å²) in [5, 5.41) is 0. The molecule has 3 nitrogen and oxygen atoms in total. The average Bonchev–Trinajstić information content (AvgIpc) is 2.34. The highest BCUT2D eigenvalue weighted by Gasteiger charge is 2.07. The van der Waals surface area contributed by atoms with Gasteiger partial charge >= 0.3 is 0 Å². The van der Waals surface area contributed by atoms with Crippen molar-refractivity contribution in [2.75, 3.05) is 13.1 Å². The number of rotatable bonds is 7. The van der Waals surface area contributed by atoms with Gasteiger partial charge in [0, 0.05) is 24.8 Å². The van der Waals surface area contributed by atoms with Gasteiger partial charge < -0.3 is 5.73 Å². The first-order valence-corrected chi connectivity index (χ1v) is 6.56. The molecule has 2 N–H and O–H groups in total. The fraction of sp³-hybridized carbons (Fsp3) is 0.643. The van der Waals surface area contributed by atoms with Crippen molar-refractivity contribution in [1.82, 2.24) is 9.88 Å². The molecule has 0 fully saturated rings. The van der Waals surface area contributed by atoms with Gasteiger partial charge in [0.05, 0.1) is 5.69 Å². The summed E-state index contributed by atoms with van der Waals surface area (Å²) in [7, 11) is 0.